The maximum Gasteiger partial charge on any atom is 0.425 e. The summed E-state index contributed by atoms with van der Waals surface area (Å²) in [6.45, 7) is 1.61. The van der Waals surface area contributed by atoms with Crippen LogP contribution in [-0.2, 0) is 12.4 Å². The maximum absolute atomic E-state index is 12.7. The molecule has 142 valence electrons. The van der Waals surface area contributed by atoms with Gasteiger partial charge in [-0.2, -0.15) is 31.3 Å². The topological polar surface area (TPSA) is 35.0 Å². The summed E-state index contributed by atoms with van der Waals surface area (Å²) in [5.74, 6) is -0.0729. The summed E-state index contributed by atoms with van der Waals surface area (Å²) in [6.07, 6.45) is -8.94. The molecular weight excluding hydrogens is 394 g/mol. The number of alkyl halides is 6. The lowest BCUT2D eigenvalue weighted by atomic mass is 10.1. The first-order valence-corrected chi connectivity index (χ1v) is 8.27. The molecule has 2 aromatic heterocycles. The van der Waals surface area contributed by atoms with E-state index in [0.717, 1.165) is 18.2 Å². The normalized spacial score (nSPS) is 12.3. The van der Waals surface area contributed by atoms with E-state index in [0.29, 0.717) is 22.6 Å². The molecule has 0 amide bonds. The van der Waals surface area contributed by atoms with Crippen LogP contribution in [0.1, 0.15) is 16.1 Å². The second kappa shape index (κ2) is 6.84. The van der Waals surface area contributed by atoms with Crippen LogP contribution in [0.3, 0.4) is 0 Å². The summed E-state index contributed by atoms with van der Waals surface area (Å²) in [7, 11) is 0. The van der Waals surface area contributed by atoms with E-state index in [1.54, 1.807) is 6.92 Å². The van der Waals surface area contributed by atoms with Crippen LogP contribution in [0.2, 0.25) is 0 Å². The van der Waals surface area contributed by atoms with E-state index in [2.05, 4.69) is 9.97 Å². The van der Waals surface area contributed by atoms with Crippen molar-refractivity contribution in [2.24, 2.45) is 0 Å². The Bertz CT molecular complexity index is 947. The number of hydrogen-bond acceptors (Lipinski definition) is 4. The Morgan fingerprint density at radius 1 is 0.889 bits per heavy atom. The second-order valence-corrected chi connectivity index (χ2v) is 6.41. The Morgan fingerprint density at radius 2 is 1.56 bits per heavy atom. The van der Waals surface area contributed by atoms with E-state index in [1.165, 1.54) is 23.6 Å². The van der Waals surface area contributed by atoms with Crippen LogP contribution < -0.4 is 4.74 Å². The average molecular weight is 404 g/mol. The quantitative estimate of drug-likeness (QED) is 0.478. The van der Waals surface area contributed by atoms with Crippen LogP contribution in [0.4, 0.5) is 26.3 Å². The van der Waals surface area contributed by atoms with Crippen LogP contribution in [0.15, 0.2) is 41.8 Å². The minimum atomic E-state index is -4.48. The molecule has 0 saturated carbocycles. The first kappa shape index (κ1) is 19.2. The molecule has 2 heterocycles. The average Bonchev–Trinajstić information content (AvgIpc) is 3.02. The Balaban J connectivity index is 1.87. The smallest absolute Gasteiger partial charge is 0.423 e. The number of aryl methyl sites for hydroxylation is 1. The minimum absolute atomic E-state index is 0.0729. The highest BCUT2D eigenvalue weighted by Gasteiger charge is 2.33. The molecule has 3 nitrogen and oxygen atoms in total. The van der Waals surface area contributed by atoms with Crippen molar-refractivity contribution in [1.29, 1.82) is 0 Å². The minimum Gasteiger partial charge on any atom is -0.423 e. The molecule has 27 heavy (non-hydrogen) atoms. The molecule has 10 heteroatoms. The third kappa shape index (κ3) is 4.57. The molecule has 0 saturated heterocycles. The van der Waals surface area contributed by atoms with Gasteiger partial charge < -0.3 is 4.74 Å². The van der Waals surface area contributed by atoms with Gasteiger partial charge in [0.2, 0.25) is 0 Å². The van der Waals surface area contributed by atoms with E-state index in [1.807, 2.05) is 0 Å². The molecule has 1 aromatic carbocycles. The lowest BCUT2D eigenvalue weighted by Crippen LogP contribution is -2.04. The summed E-state index contributed by atoms with van der Waals surface area (Å²) in [6, 6.07) is 6.50. The van der Waals surface area contributed by atoms with Gasteiger partial charge in [0.25, 0.3) is 0 Å². The van der Waals surface area contributed by atoms with Crippen LogP contribution in [0, 0.1) is 6.92 Å². The molecule has 0 aliphatic rings. The zero-order chi connectivity index (χ0) is 19.8. The first-order valence-electron chi connectivity index (χ1n) is 7.39. The van der Waals surface area contributed by atoms with Crippen LogP contribution in [-0.4, -0.2) is 9.97 Å². The molecule has 0 aliphatic carbocycles. The third-order valence-corrected chi connectivity index (χ3v) is 4.36. The zero-order valence-electron chi connectivity index (χ0n) is 13.5. The van der Waals surface area contributed by atoms with Crippen molar-refractivity contribution in [2.75, 3.05) is 0 Å². The molecule has 0 bridgehead atoms. The van der Waals surface area contributed by atoms with Crippen molar-refractivity contribution in [1.82, 2.24) is 9.97 Å². The molecule has 0 fully saturated rings. The molecule has 0 spiro atoms. The molecule has 0 unspecified atom stereocenters. The highest BCUT2D eigenvalue weighted by atomic mass is 32.1. The van der Waals surface area contributed by atoms with Gasteiger partial charge in [-0.05, 0) is 25.1 Å². The fourth-order valence-corrected chi connectivity index (χ4v) is 2.87. The van der Waals surface area contributed by atoms with E-state index >= 15 is 0 Å². The van der Waals surface area contributed by atoms with Crippen molar-refractivity contribution in [3.8, 4) is 23.0 Å². The highest BCUT2D eigenvalue weighted by molar-refractivity contribution is 7.10. The lowest BCUT2D eigenvalue weighted by Gasteiger charge is -2.09. The van der Waals surface area contributed by atoms with Crippen molar-refractivity contribution >= 4 is 11.3 Å². The van der Waals surface area contributed by atoms with E-state index in [4.69, 9.17) is 4.74 Å². The van der Waals surface area contributed by atoms with E-state index < -0.39 is 22.8 Å². The van der Waals surface area contributed by atoms with Crippen molar-refractivity contribution in [3.05, 3.63) is 57.9 Å². The lowest BCUT2D eigenvalue weighted by molar-refractivity contribution is -0.137. The molecular formula is C17H10F6N2OS. The monoisotopic (exact) mass is 404 g/mol. The van der Waals surface area contributed by atoms with Crippen molar-refractivity contribution in [2.45, 2.75) is 19.3 Å². The molecule has 0 aliphatic heterocycles. The van der Waals surface area contributed by atoms with E-state index in [-0.39, 0.29) is 17.5 Å². The third-order valence-electron chi connectivity index (χ3n) is 3.41. The first-order chi connectivity index (χ1) is 12.5. The number of nitrogens with zero attached hydrogens (tertiary/aromatic N) is 2. The fourth-order valence-electron chi connectivity index (χ4n) is 2.19. The van der Waals surface area contributed by atoms with Crippen LogP contribution >= 0.6 is 11.3 Å². The number of hydrogen-bond donors (Lipinski definition) is 0. The number of benzene rings is 1. The predicted octanol–water partition coefficient (Wildman–Crippen LogP) is 6.34. The standard InChI is InChI=1S/C17H10F6N2OS/c1-9-6-13(10-2-4-11(5-3-10)16(18,19)20)25-15(24-9)26-12-7-14(27-8-12)17(21,22)23/h2-8H,1H3. The highest BCUT2D eigenvalue weighted by Crippen LogP contribution is 2.37. The summed E-state index contributed by atoms with van der Waals surface area (Å²) in [5.41, 5.74) is 0.324. The van der Waals surface area contributed by atoms with Gasteiger partial charge in [0.15, 0.2) is 0 Å². The van der Waals surface area contributed by atoms with Gasteiger partial charge in [-0.25, -0.2) is 4.98 Å². The summed E-state index contributed by atoms with van der Waals surface area (Å²) < 4.78 is 81.2. The summed E-state index contributed by atoms with van der Waals surface area (Å²) >= 11 is 0.472. The molecule has 0 N–H and O–H groups in total. The Kier molecular flexibility index (Phi) is 4.85. The molecule has 3 rings (SSSR count). The summed E-state index contributed by atoms with van der Waals surface area (Å²) in [4.78, 5) is 7.24. The Morgan fingerprint density at radius 3 is 2.11 bits per heavy atom. The number of thiophene rings is 1. The molecule has 3 aromatic rings. The van der Waals surface area contributed by atoms with Crippen molar-refractivity contribution in [3.63, 3.8) is 0 Å². The second-order valence-electron chi connectivity index (χ2n) is 5.50. The number of ether oxygens (including phenoxy) is 1. The fraction of sp³-hybridized carbons (Fsp3) is 0.176. The van der Waals surface area contributed by atoms with Gasteiger partial charge in [0.1, 0.15) is 10.6 Å². The zero-order valence-corrected chi connectivity index (χ0v) is 14.3. The van der Waals surface area contributed by atoms with E-state index in [9.17, 15) is 26.3 Å². The van der Waals surface area contributed by atoms with Gasteiger partial charge in [0, 0.05) is 22.7 Å². The van der Waals surface area contributed by atoms with Crippen LogP contribution in [0.5, 0.6) is 11.8 Å². The largest absolute Gasteiger partial charge is 0.425 e. The molecule has 0 atom stereocenters. The SMILES string of the molecule is Cc1cc(-c2ccc(C(F)(F)F)cc2)nc(Oc2csc(C(F)(F)F)c2)n1. The molecule has 0 radical (unpaired) electrons. The summed E-state index contributed by atoms with van der Waals surface area (Å²) in [5, 5.41) is 1.17. The van der Waals surface area contributed by atoms with Gasteiger partial charge in [-0.3, -0.25) is 0 Å². The van der Waals surface area contributed by atoms with Crippen LogP contribution in [0.25, 0.3) is 11.3 Å². The van der Waals surface area contributed by atoms with Crippen molar-refractivity contribution < 1.29 is 31.1 Å². The number of aromatic nitrogens is 2. The van der Waals surface area contributed by atoms with Gasteiger partial charge >= 0.3 is 18.4 Å². The van der Waals surface area contributed by atoms with Gasteiger partial charge in [0.05, 0.1) is 11.3 Å². The Hall–Kier alpha value is -2.62. The number of halogens is 6. The predicted molar refractivity (Wildman–Crippen MR) is 86.6 cm³/mol. The van der Waals surface area contributed by atoms with Gasteiger partial charge in [-0.15, -0.1) is 11.3 Å². The Labute approximate surface area is 153 Å². The maximum atomic E-state index is 12.7. The van der Waals surface area contributed by atoms with Gasteiger partial charge in [-0.1, -0.05) is 12.1 Å². The number of rotatable bonds is 3.